The average molecular weight is 199 g/mol. The molecule has 0 spiro atoms. The normalized spacial score (nSPS) is 8.80. The van der Waals surface area contributed by atoms with Gasteiger partial charge in [-0.1, -0.05) is 43.3 Å². The van der Waals surface area contributed by atoms with E-state index in [0.29, 0.717) is 12.2 Å². The molecule has 0 aromatic heterocycles. The number of phenols is 1. The summed E-state index contributed by atoms with van der Waals surface area (Å²) in [4.78, 5) is 0. The Morgan fingerprint density at radius 1 is 1.13 bits per heavy atom. The minimum absolute atomic E-state index is 0.350. The molecule has 0 saturated heterocycles. The van der Waals surface area contributed by atoms with Crippen molar-refractivity contribution in [2.24, 2.45) is 0 Å². The number of fused-ring (bicyclic) bond motifs is 1. The van der Waals surface area contributed by atoms with Gasteiger partial charge in [0.15, 0.2) is 0 Å². The zero-order valence-corrected chi connectivity index (χ0v) is 8.64. The summed E-state index contributed by atoms with van der Waals surface area (Å²) in [6.45, 7) is 1.82. The molecular formula is C13H13NO. The van der Waals surface area contributed by atoms with Gasteiger partial charge in [0.1, 0.15) is 5.75 Å². The summed E-state index contributed by atoms with van der Waals surface area (Å²) in [5, 5.41) is 19.0. The summed E-state index contributed by atoms with van der Waals surface area (Å²) in [7, 11) is 0. The lowest BCUT2D eigenvalue weighted by molar-refractivity contribution is 0.481. The van der Waals surface area contributed by atoms with Gasteiger partial charge >= 0.3 is 0 Å². The van der Waals surface area contributed by atoms with E-state index in [1.54, 1.807) is 6.07 Å². The first kappa shape index (κ1) is 11.1. The molecule has 0 aliphatic carbocycles. The van der Waals surface area contributed by atoms with Gasteiger partial charge in [-0.15, -0.1) is 0 Å². The molecule has 0 heterocycles. The predicted octanol–water partition coefficient (Wildman–Crippen LogP) is 3.47. The number of aromatic hydroxyl groups is 1. The molecule has 0 bridgehead atoms. The van der Waals surface area contributed by atoms with Crippen LogP contribution in [0.1, 0.15) is 13.3 Å². The molecule has 0 aliphatic heterocycles. The number of nitriles is 1. The molecule has 0 fully saturated rings. The van der Waals surface area contributed by atoms with Gasteiger partial charge in [0.25, 0.3) is 0 Å². The number of nitrogens with zero attached hydrogens (tertiary/aromatic N) is 1. The number of phenolic OH excluding ortho intramolecular Hbond substituents is 1. The Morgan fingerprint density at radius 2 is 1.73 bits per heavy atom. The highest BCUT2D eigenvalue weighted by molar-refractivity contribution is 5.87. The second kappa shape index (κ2) is 5.66. The minimum Gasteiger partial charge on any atom is -0.507 e. The van der Waals surface area contributed by atoms with Crippen molar-refractivity contribution in [3.05, 3.63) is 42.5 Å². The van der Waals surface area contributed by atoms with Crippen molar-refractivity contribution >= 4 is 10.8 Å². The molecule has 2 heteroatoms. The Labute approximate surface area is 89.4 Å². The monoisotopic (exact) mass is 199 g/mol. The lowest BCUT2D eigenvalue weighted by atomic mass is 10.1. The van der Waals surface area contributed by atoms with E-state index in [1.165, 1.54) is 0 Å². The van der Waals surface area contributed by atoms with Gasteiger partial charge in [-0.2, -0.15) is 5.26 Å². The van der Waals surface area contributed by atoms with Gasteiger partial charge in [-0.05, 0) is 11.5 Å². The van der Waals surface area contributed by atoms with Crippen LogP contribution in [-0.2, 0) is 0 Å². The maximum absolute atomic E-state index is 9.37. The lowest BCUT2D eigenvalue weighted by Crippen LogP contribution is -1.70. The molecular weight excluding hydrogens is 186 g/mol. The van der Waals surface area contributed by atoms with Gasteiger partial charge in [0, 0.05) is 11.8 Å². The van der Waals surface area contributed by atoms with Crippen LogP contribution in [0.3, 0.4) is 0 Å². The number of rotatable bonds is 0. The van der Waals surface area contributed by atoms with Crippen LogP contribution in [0.2, 0.25) is 0 Å². The molecule has 2 aromatic carbocycles. The summed E-state index contributed by atoms with van der Waals surface area (Å²) in [5.41, 5.74) is 0. The topological polar surface area (TPSA) is 44.0 Å². The van der Waals surface area contributed by atoms with E-state index in [0.717, 1.165) is 10.8 Å². The van der Waals surface area contributed by atoms with Crippen molar-refractivity contribution in [1.82, 2.24) is 0 Å². The van der Waals surface area contributed by atoms with E-state index in [9.17, 15) is 5.11 Å². The highest BCUT2D eigenvalue weighted by Crippen LogP contribution is 2.22. The summed E-state index contributed by atoms with van der Waals surface area (Å²) in [6, 6.07) is 15.2. The van der Waals surface area contributed by atoms with Crippen molar-refractivity contribution in [3.63, 3.8) is 0 Å². The van der Waals surface area contributed by atoms with Gasteiger partial charge < -0.3 is 5.11 Å². The van der Waals surface area contributed by atoms with E-state index in [2.05, 4.69) is 0 Å². The van der Waals surface area contributed by atoms with E-state index in [1.807, 2.05) is 49.4 Å². The van der Waals surface area contributed by atoms with Crippen LogP contribution in [0.25, 0.3) is 10.8 Å². The van der Waals surface area contributed by atoms with Gasteiger partial charge in [-0.3, -0.25) is 0 Å². The fraction of sp³-hybridized carbons (Fsp3) is 0.154. The van der Waals surface area contributed by atoms with Crippen LogP contribution in [0.15, 0.2) is 42.5 Å². The maximum atomic E-state index is 9.37. The van der Waals surface area contributed by atoms with Gasteiger partial charge in [-0.25, -0.2) is 0 Å². The van der Waals surface area contributed by atoms with Crippen LogP contribution in [-0.4, -0.2) is 5.11 Å². The van der Waals surface area contributed by atoms with Crippen molar-refractivity contribution in [3.8, 4) is 11.8 Å². The Bertz CT molecular complexity index is 466. The third kappa shape index (κ3) is 2.99. The second-order valence-corrected chi connectivity index (χ2v) is 3.01. The fourth-order valence-corrected chi connectivity index (χ4v) is 1.21. The molecule has 0 amide bonds. The summed E-state index contributed by atoms with van der Waals surface area (Å²) < 4.78 is 0. The lowest BCUT2D eigenvalue weighted by Gasteiger charge is -1.97. The number of hydrogen-bond acceptors (Lipinski definition) is 2. The first-order valence-electron chi connectivity index (χ1n) is 4.83. The first-order valence-corrected chi connectivity index (χ1v) is 4.83. The third-order valence-corrected chi connectivity index (χ3v) is 1.92. The van der Waals surface area contributed by atoms with Crippen molar-refractivity contribution in [1.29, 1.82) is 5.26 Å². The van der Waals surface area contributed by atoms with E-state index >= 15 is 0 Å². The molecule has 0 atom stereocenters. The highest BCUT2D eigenvalue weighted by atomic mass is 16.3. The Balaban J connectivity index is 0.000000245. The number of hydrogen-bond donors (Lipinski definition) is 1. The quantitative estimate of drug-likeness (QED) is 0.706. The Kier molecular flexibility index (Phi) is 4.18. The molecule has 76 valence electrons. The molecule has 2 nitrogen and oxygen atoms in total. The van der Waals surface area contributed by atoms with Crippen molar-refractivity contribution < 1.29 is 5.11 Å². The van der Waals surface area contributed by atoms with Crippen LogP contribution in [0.5, 0.6) is 5.75 Å². The zero-order valence-electron chi connectivity index (χ0n) is 8.64. The zero-order chi connectivity index (χ0) is 11.1. The standard InChI is InChI=1S/C10H8O.C3H5N/c11-10-7-3-5-8-4-1-2-6-9(8)10;1-2-3-4/h1-7,11H;2H2,1H3. The molecule has 15 heavy (non-hydrogen) atoms. The molecule has 1 N–H and O–H groups in total. The second-order valence-electron chi connectivity index (χ2n) is 3.01. The van der Waals surface area contributed by atoms with E-state index in [4.69, 9.17) is 5.26 Å². The smallest absolute Gasteiger partial charge is 0.123 e. The summed E-state index contributed by atoms with van der Waals surface area (Å²) in [6.07, 6.45) is 0.625. The largest absolute Gasteiger partial charge is 0.507 e. The fourth-order valence-electron chi connectivity index (χ4n) is 1.21. The Morgan fingerprint density at radius 3 is 2.33 bits per heavy atom. The first-order chi connectivity index (χ1) is 7.29. The SMILES string of the molecule is CCC#N.Oc1cccc2ccccc12. The van der Waals surface area contributed by atoms with Crippen LogP contribution >= 0.6 is 0 Å². The van der Waals surface area contributed by atoms with Crippen molar-refractivity contribution in [2.45, 2.75) is 13.3 Å². The molecule has 0 unspecified atom stereocenters. The van der Waals surface area contributed by atoms with Crippen molar-refractivity contribution in [2.75, 3.05) is 0 Å². The average Bonchev–Trinajstić information content (AvgIpc) is 2.30. The molecule has 2 aromatic rings. The summed E-state index contributed by atoms with van der Waals surface area (Å²) >= 11 is 0. The van der Waals surface area contributed by atoms with E-state index < -0.39 is 0 Å². The molecule has 0 aliphatic rings. The molecule has 0 radical (unpaired) electrons. The minimum atomic E-state index is 0.350. The molecule has 2 rings (SSSR count). The van der Waals surface area contributed by atoms with Gasteiger partial charge in [0.05, 0.1) is 6.07 Å². The Hall–Kier alpha value is -2.01. The maximum Gasteiger partial charge on any atom is 0.123 e. The predicted molar refractivity (Wildman–Crippen MR) is 61.5 cm³/mol. The summed E-state index contributed by atoms with van der Waals surface area (Å²) in [5.74, 6) is 0.350. The van der Waals surface area contributed by atoms with E-state index in [-0.39, 0.29) is 0 Å². The van der Waals surface area contributed by atoms with Crippen LogP contribution in [0.4, 0.5) is 0 Å². The van der Waals surface area contributed by atoms with Crippen LogP contribution < -0.4 is 0 Å². The highest BCUT2D eigenvalue weighted by Gasteiger charge is 1.94. The molecule has 0 saturated carbocycles. The third-order valence-electron chi connectivity index (χ3n) is 1.92. The number of benzene rings is 2. The van der Waals surface area contributed by atoms with Gasteiger partial charge in [0.2, 0.25) is 0 Å². The van der Waals surface area contributed by atoms with Crippen LogP contribution in [0, 0.1) is 11.3 Å².